The van der Waals surface area contributed by atoms with Crippen LogP contribution in [0.2, 0.25) is 0 Å². The molecule has 0 saturated heterocycles. The average molecular weight is 243 g/mol. The first kappa shape index (κ1) is 10.7. The van der Waals surface area contributed by atoms with Gasteiger partial charge in [-0.15, -0.1) is 0 Å². The van der Waals surface area contributed by atoms with Gasteiger partial charge >= 0.3 is 0 Å². The maximum Gasteiger partial charge on any atom is 0.0517 e. The zero-order valence-corrected chi connectivity index (χ0v) is 9.63. The van der Waals surface area contributed by atoms with Gasteiger partial charge in [0.05, 0.1) is 5.45 Å². The predicted octanol–water partition coefficient (Wildman–Crippen LogP) is 2.30. The second kappa shape index (κ2) is 4.72. The molecule has 0 aliphatic carbocycles. The third-order valence-electron chi connectivity index (χ3n) is 2.02. The maximum atomic E-state index is 4.35. The van der Waals surface area contributed by atoms with E-state index < -0.39 is 0 Å². The standard InChI is InChI=1S/C10H15BrN2/c1-10(2,7-12-8-11)9-5-3-4-6-13-9/h3-6,12H,7-8H2,1-2H3. The van der Waals surface area contributed by atoms with Gasteiger partial charge in [-0.2, -0.15) is 0 Å². The molecule has 1 aromatic heterocycles. The third-order valence-corrected chi connectivity index (χ3v) is 2.42. The molecule has 0 bridgehead atoms. The number of nitrogens with one attached hydrogen (secondary N) is 1. The molecule has 1 N–H and O–H groups in total. The van der Waals surface area contributed by atoms with Gasteiger partial charge in [0, 0.05) is 23.9 Å². The first-order chi connectivity index (χ1) is 6.17. The SMILES string of the molecule is CC(C)(CNCBr)c1ccccn1. The first-order valence-electron chi connectivity index (χ1n) is 4.35. The smallest absolute Gasteiger partial charge is 0.0517 e. The van der Waals surface area contributed by atoms with Gasteiger partial charge in [-0.05, 0) is 12.1 Å². The summed E-state index contributed by atoms with van der Waals surface area (Å²) in [5, 5.41) is 3.26. The number of aromatic nitrogens is 1. The summed E-state index contributed by atoms with van der Waals surface area (Å²) >= 11 is 3.34. The van der Waals surface area contributed by atoms with E-state index in [1.807, 2.05) is 18.3 Å². The van der Waals surface area contributed by atoms with Crippen molar-refractivity contribution < 1.29 is 0 Å². The highest BCUT2D eigenvalue weighted by molar-refractivity contribution is 9.09. The van der Waals surface area contributed by atoms with Crippen molar-refractivity contribution in [3.05, 3.63) is 30.1 Å². The summed E-state index contributed by atoms with van der Waals surface area (Å²) in [6.45, 7) is 5.30. The number of alkyl halides is 1. The van der Waals surface area contributed by atoms with Gasteiger partial charge in [-0.1, -0.05) is 35.8 Å². The molecule has 1 rings (SSSR count). The van der Waals surface area contributed by atoms with Gasteiger partial charge < -0.3 is 5.32 Å². The average Bonchev–Trinajstić information content (AvgIpc) is 2.16. The Hall–Kier alpha value is -0.410. The van der Waals surface area contributed by atoms with E-state index in [1.165, 1.54) is 0 Å². The molecule has 0 spiro atoms. The van der Waals surface area contributed by atoms with Crippen molar-refractivity contribution in [1.82, 2.24) is 10.3 Å². The van der Waals surface area contributed by atoms with Crippen LogP contribution >= 0.6 is 15.9 Å². The molecule has 13 heavy (non-hydrogen) atoms. The maximum absolute atomic E-state index is 4.35. The van der Waals surface area contributed by atoms with Crippen LogP contribution in [0.25, 0.3) is 0 Å². The van der Waals surface area contributed by atoms with Gasteiger partial charge in [0.25, 0.3) is 0 Å². The van der Waals surface area contributed by atoms with Gasteiger partial charge in [0.1, 0.15) is 0 Å². The monoisotopic (exact) mass is 242 g/mol. The molecule has 0 radical (unpaired) electrons. The lowest BCUT2D eigenvalue weighted by atomic mass is 9.89. The van der Waals surface area contributed by atoms with Crippen LogP contribution in [0, 0.1) is 0 Å². The normalized spacial score (nSPS) is 11.6. The summed E-state index contributed by atoms with van der Waals surface area (Å²) in [5.41, 5.74) is 2.04. The molecular weight excluding hydrogens is 228 g/mol. The van der Waals surface area contributed by atoms with E-state index in [-0.39, 0.29) is 5.41 Å². The van der Waals surface area contributed by atoms with Gasteiger partial charge in [-0.25, -0.2) is 0 Å². The van der Waals surface area contributed by atoms with E-state index in [4.69, 9.17) is 0 Å². The van der Waals surface area contributed by atoms with Crippen LogP contribution < -0.4 is 5.32 Å². The van der Waals surface area contributed by atoms with Crippen molar-refractivity contribution in [3.8, 4) is 0 Å². The van der Waals surface area contributed by atoms with Crippen LogP contribution in [0.4, 0.5) is 0 Å². The summed E-state index contributed by atoms with van der Waals surface area (Å²) < 4.78 is 0. The number of halogens is 1. The lowest BCUT2D eigenvalue weighted by molar-refractivity contribution is 0.477. The Labute approximate surface area is 87.9 Å². The Bertz CT molecular complexity index is 246. The second-order valence-corrected chi connectivity index (χ2v) is 4.22. The number of hydrogen-bond donors (Lipinski definition) is 1. The zero-order valence-electron chi connectivity index (χ0n) is 8.05. The Morgan fingerprint density at radius 1 is 1.46 bits per heavy atom. The van der Waals surface area contributed by atoms with Crippen molar-refractivity contribution in [3.63, 3.8) is 0 Å². The van der Waals surface area contributed by atoms with Crippen molar-refractivity contribution >= 4 is 15.9 Å². The fourth-order valence-electron chi connectivity index (χ4n) is 1.21. The molecule has 3 heteroatoms. The summed E-state index contributed by atoms with van der Waals surface area (Å²) in [6, 6.07) is 6.03. The van der Waals surface area contributed by atoms with Crippen LogP contribution in [0.1, 0.15) is 19.5 Å². The third kappa shape index (κ3) is 3.08. The highest BCUT2D eigenvalue weighted by atomic mass is 79.9. The number of pyridine rings is 1. The molecule has 0 aromatic carbocycles. The lowest BCUT2D eigenvalue weighted by Gasteiger charge is -2.23. The number of nitrogens with zero attached hydrogens (tertiary/aromatic N) is 1. The van der Waals surface area contributed by atoms with Crippen molar-refractivity contribution in [2.45, 2.75) is 19.3 Å². The Kier molecular flexibility index (Phi) is 3.88. The minimum absolute atomic E-state index is 0.0923. The highest BCUT2D eigenvalue weighted by Gasteiger charge is 2.20. The van der Waals surface area contributed by atoms with E-state index in [2.05, 4.69) is 46.1 Å². The Morgan fingerprint density at radius 3 is 2.77 bits per heavy atom. The Morgan fingerprint density at radius 2 is 2.23 bits per heavy atom. The van der Waals surface area contributed by atoms with Crippen LogP contribution in [0.15, 0.2) is 24.4 Å². The number of hydrogen-bond acceptors (Lipinski definition) is 2. The summed E-state index contributed by atoms with van der Waals surface area (Å²) in [4.78, 5) is 4.35. The van der Waals surface area contributed by atoms with Crippen LogP contribution in [-0.4, -0.2) is 17.0 Å². The molecule has 0 aliphatic rings. The van der Waals surface area contributed by atoms with Gasteiger partial charge in [0.2, 0.25) is 0 Å². The summed E-state index contributed by atoms with van der Waals surface area (Å²) in [5.74, 6) is 0. The van der Waals surface area contributed by atoms with Crippen molar-refractivity contribution in [2.75, 3.05) is 12.0 Å². The van der Waals surface area contributed by atoms with Crippen molar-refractivity contribution in [2.24, 2.45) is 0 Å². The minimum Gasteiger partial charge on any atom is -0.306 e. The molecule has 0 amide bonds. The van der Waals surface area contributed by atoms with E-state index in [0.29, 0.717) is 0 Å². The zero-order chi connectivity index (χ0) is 9.73. The van der Waals surface area contributed by atoms with E-state index in [1.54, 1.807) is 0 Å². The van der Waals surface area contributed by atoms with Crippen LogP contribution in [0.5, 0.6) is 0 Å². The topological polar surface area (TPSA) is 24.9 Å². The molecule has 0 atom stereocenters. The van der Waals surface area contributed by atoms with Crippen molar-refractivity contribution in [1.29, 1.82) is 0 Å². The highest BCUT2D eigenvalue weighted by Crippen LogP contribution is 2.19. The van der Waals surface area contributed by atoms with Crippen LogP contribution in [-0.2, 0) is 5.41 Å². The quantitative estimate of drug-likeness (QED) is 0.648. The van der Waals surface area contributed by atoms with E-state index in [0.717, 1.165) is 17.7 Å². The molecule has 0 fully saturated rings. The molecule has 0 aliphatic heterocycles. The first-order valence-corrected chi connectivity index (χ1v) is 5.47. The van der Waals surface area contributed by atoms with E-state index >= 15 is 0 Å². The lowest BCUT2D eigenvalue weighted by Crippen LogP contribution is -2.32. The molecule has 1 aromatic rings. The fourth-order valence-corrected chi connectivity index (χ4v) is 1.41. The molecule has 72 valence electrons. The molecule has 0 unspecified atom stereocenters. The molecular formula is C10H15BrN2. The summed E-state index contributed by atoms with van der Waals surface area (Å²) in [7, 11) is 0. The molecule has 0 saturated carbocycles. The van der Waals surface area contributed by atoms with Crippen LogP contribution in [0.3, 0.4) is 0 Å². The molecule has 1 heterocycles. The molecule has 2 nitrogen and oxygen atoms in total. The largest absolute Gasteiger partial charge is 0.306 e. The minimum atomic E-state index is 0.0923. The Balaban J connectivity index is 2.69. The summed E-state index contributed by atoms with van der Waals surface area (Å²) in [6.07, 6.45) is 1.84. The predicted molar refractivity (Wildman–Crippen MR) is 59.1 cm³/mol. The number of rotatable bonds is 4. The van der Waals surface area contributed by atoms with Gasteiger partial charge in [-0.3, -0.25) is 4.98 Å². The fraction of sp³-hybridized carbons (Fsp3) is 0.500. The van der Waals surface area contributed by atoms with Gasteiger partial charge in [0.15, 0.2) is 0 Å². The second-order valence-electron chi connectivity index (χ2n) is 3.66. The van der Waals surface area contributed by atoms with E-state index in [9.17, 15) is 0 Å².